The Morgan fingerprint density at radius 2 is 1.73 bits per heavy atom. The highest BCUT2D eigenvalue weighted by atomic mass is 35.5. The number of benzene rings is 2. The lowest BCUT2D eigenvalue weighted by Gasteiger charge is -2.23. The van der Waals surface area contributed by atoms with Crippen molar-refractivity contribution in [3.8, 4) is 0 Å². The summed E-state index contributed by atoms with van der Waals surface area (Å²) in [6.07, 6.45) is 0.761. The molecular formula is C20H24ClNO2S2. The average Bonchev–Trinajstić information content (AvgIpc) is 2.80. The van der Waals surface area contributed by atoms with E-state index in [0.717, 1.165) is 39.5 Å². The maximum absolute atomic E-state index is 13.3. The van der Waals surface area contributed by atoms with E-state index in [-0.39, 0.29) is 5.25 Å². The van der Waals surface area contributed by atoms with Crippen molar-refractivity contribution in [1.29, 1.82) is 0 Å². The van der Waals surface area contributed by atoms with Crippen LogP contribution in [0.2, 0.25) is 5.02 Å². The molecule has 1 fully saturated rings. The van der Waals surface area contributed by atoms with Crippen LogP contribution in [-0.2, 0) is 10.0 Å². The van der Waals surface area contributed by atoms with Gasteiger partial charge in [0.25, 0.3) is 0 Å². The topological polar surface area (TPSA) is 37.4 Å². The second-order valence-electron chi connectivity index (χ2n) is 6.80. The van der Waals surface area contributed by atoms with Gasteiger partial charge in [0.1, 0.15) is 0 Å². The van der Waals surface area contributed by atoms with Crippen LogP contribution in [0.5, 0.6) is 0 Å². The molecule has 140 valence electrons. The van der Waals surface area contributed by atoms with Gasteiger partial charge in [-0.15, -0.1) is 0 Å². The number of halogens is 1. The summed E-state index contributed by atoms with van der Waals surface area (Å²) < 4.78 is 28.2. The van der Waals surface area contributed by atoms with E-state index in [4.69, 9.17) is 11.6 Å². The first-order valence-corrected chi connectivity index (χ1v) is 11.6. The number of thioether (sulfide) groups is 1. The fourth-order valence-corrected chi connectivity index (χ4v) is 7.26. The van der Waals surface area contributed by atoms with Crippen LogP contribution < -0.4 is 0 Å². The molecule has 1 aliphatic rings. The van der Waals surface area contributed by atoms with Crippen molar-refractivity contribution in [2.45, 2.75) is 37.3 Å². The van der Waals surface area contributed by atoms with Crippen LogP contribution >= 0.6 is 23.4 Å². The van der Waals surface area contributed by atoms with Crippen molar-refractivity contribution in [3.63, 3.8) is 0 Å². The minimum absolute atomic E-state index is 0.226. The largest absolute Gasteiger partial charge is 0.243 e. The van der Waals surface area contributed by atoms with Crippen molar-refractivity contribution < 1.29 is 8.42 Å². The third-order valence-corrected chi connectivity index (χ3v) is 8.61. The summed E-state index contributed by atoms with van der Waals surface area (Å²) >= 11 is 8.13. The highest BCUT2D eigenvalue weighted by molar-refractivity contribution is 7.99. The molecule has 0 saturated carbocycles. The quantitative estimate of drug-likeness (QED) is 0.704. The summed E-state index contributed by atoms with van der Waals surface area (Å²) in [4.78, 5) is 0.462. The van der Waals surface area contributed by atoms with Crippen LogP contribution in [0.15, 0.2) is 41.3 Å². The van der Waals surface area contributed by atoms with Gasteiger partial charge in [0, 0.05) is 29.1 Å². The molecule has 1 aliphatic heterocycles. The lowest BCUT2D eigenvalue weighted by Crippen LogP contribution is -2.34. The molecule has 26 heavy (non-hydrogen) atoms. The second kappa shape index (κ2) is 7.93. The molecule has 0 radical (unpaired) electrons. The van der Waals surface area contributed by atoms with Crippen molar-refractivity contribution in [2.24, 2.45) is 0 Å². The van der Waals surface area contributed by atoms with E-state index in [1.165, 1.54) is 0 Å². The Kier molecular flexibility index (Phi) is 6.02. The summed E-state index contributed by atoms with van der Waals surface area (Å²) in [6, 6.07) is 11.7. The predicted molar refractivity (Wildman–Crippen MR) is 111 cm³/mol. The summed E-state index contributed by atoms with van der Waals surface area (Å²) in [7, 11) is -3.49. The highest BCUT2D eigenvalue weighted by Gasteiger charge is 2.31. The van der Waals surface area contributed by atoms with Gasteiger partial charge >= 0.3 is 0 Å². The standard InChI is InChI=1S/C20H24ClNO2S2/c1-14-12-15(2)20(16(3)13-14)26(23,24)22-9-8-19(25-11-10-22)17-6-4-5-7-18(17)21/h4-7,12-13,19H,8-11H2,1-3H3. The van der Waals surface area contributed by atoms with Crippen molar-refractivity contribution >= 4 is 33.4 Å². The van der Waals surface area contributed by atoms with Crippen molar-refractivity contribution in [3.05, 3.63) is 63.7 Å². The van der Waals surface area contributed by atoms with E-state index in [0.29, 0.717) is 18.0 Å². The monoisotopic (exact) mass is 409 g/mol. The molecule has 1 unspecified atom stereocenters. The average molecular weight is 410 g/mol. The van der Waals surface area contributed by atoms with Crippen LogP contribution in [0.4, 0.5) is 0 Å². The number of rotatable bonds is 3. The SMILES string of the molecule is Cc1cc(C)c(S(=O)(=O)N2CCSC(c3ccccc3Cl)CC2)c(C)c1. The van der Waals surface area contributed by atoms with Gasteiger partial charge in [-0.2, -0.15) is 16.1 Å². The van der Waals surface area contributed by atoms with E-state index in [2.05, 4.69) is 0 Å². The molecule has 6 heteroatoms. The van der Waals surface area contributed by atoms with E-state index in [1.54, 1.807) is 16.1 Å². The normalized spacial score (nSPS) is 19.3. The summed E-state index contributed by atoms with van der Waals surface area (Å²) in [5.41, 5.74) is 3.83. The first-order valence-electron chi connectivity index (χ1n) is 8.74. The van der Waals surface area contributed by atoms with E-state index < -0.39 is 10.0 Å². The first kappa shape index (κ1) is 19.7. The lowest BCUT2D eigenvalue weighted by molar-refractivity contribution is 0.427. The minimum atomic E-state index is -3.49. The Labute approximate surface area is 165 Å². The molecule has 1 atom stereocenters. The van der Waals surface area contributed by atoms with Crippen LogP contribution in [0.25, 0.3) is 0 Å². The van der Waals surface area contributed by atoms with Gasteiger partial charge in [-0.25, -0.2) is 8.42 Å². The van der Waals surface area contributed by atoms with E-state index in [9.17, 15) is 8.42 Å². The Bertz CT molecular complexity index is 889. The Hall–Kier alpha value is -1.01. The van der Waals surface area contributed by atoms with Gasteiger partial charge in [-0.05, 0) is 49.9 Å². The molecule has 0 amide bonds. The highest BCUT2D eigenvalue weighted by Crippen LogP contribution is 2.39. The summed E-state index contributed by atoms with van der Waals surface area (Å²) in [5.74, 6) is 0.763. The van der Waals surface area contributed by atoms with Gasteiger partial charge in [0.15, 0.2) is 0 Å². The maximum Gasteiger partial charge on any atom is 0.243 e. The molecule has 0 spiro atoms. The zero-order chi connectivity index (χ0) is 18.9. The van der Waals surface area contributed by atoms with Gasteiger partial charge in [0.05, 0.1) is 4.90 Å². The third-order valence-electron chi connectivity index (χ3n) is 4.76. The molecule has 2 aromatic carbocycles. The number of nitrogens with zero attached hydrogens (tertiary/aromatic N) is 1. The van der Waals surface area contributed by atoms with Crippen LogP contribution in [0.3, 0.4) is 0 Å². The Morgan fingerprint density at radius 3 is 2.38 bits per heavy atom. The van der Waals surface area contributed by atoms with Crippen LogP contribution in [0, 0.1) is 20.8 Å². The van der Waals surface area contributed by atoms with E-state index >= 15 is 0 Å². The fourth-order valence-electron chi connectivity index (χ4n) is 3.68. The fraction of sp³-hybridized carbons (Fsp3) is 0.400. The number of hydrogen-bond donors (Lipinski definition) is 0. The molecule has 3 nitrogen and oxygen atoms in total. The van der Waals surface area contributed by atoms with Gasteiger partial charge < -0.3 is 0 Å². The Morgan fingerprint density at radius 1 is 1.08 bits per heavy atom. The minimum Gasteiger partial charge on any atom is -0.207 e. The smallest absolute Gasteiger partial charge is 0.207 e. The maximum atomic E-state index is 13.3. The van der Waals surface area contributed by atoms with Crippen LogP contribution in [0.1, 0.15) is 33.9 Å². The molecular weight excluding hydrogens is 386 g/mol. The summed E-state index contributed by atoms with van der Waals surface area (Å²) in [6.45, 7) is 6.80. The van der Waals surface area contributed by atoms with E-state index in [1.807, 2.05) is 57.2 Å². The molecule has 0 bridgehead atoms. The zero-order valence-corrected chi connectivity index (χ0v) is 17.7. The Balaban J connectivity index is 1.86. The first-order chi connectivity index (χ1) is 12.3. The van der Waals surface area contributed by atoms with Crippen molar-refractivity contribution in [2.75, 3.05) is 18.8 Å². The van der Waals surface area contributed by atoms with Gasteiger partial charge in [-0.1, -0.05) is 47.5 Å². The molecule has 1 saturated heterocycles. The predicted octanol–water partition coefficient (Wildman–Crippen LogP) is 5.13. The second-order valence-corrected chi connectivity index (χ2v) is 10.4. The molecule has 0 N–H and O–H groups in total. The molecule has 0 aromatic heterocycles. The molecule has 2 aromatic rings. The molecule has 3 rings (SSSR count). The van der Waals surface area contributed by atoms with Gasteiger partial charge in [-0.3, -0.25) is 0 Å². The van der Waals surface area contributed by atoms with Crippen LogP contribution in [-0.4, -0.2) is 31.6 Å². The molecule has 1 heterocycles. The molecule has 0 aliphatic carbocycles. The summed E-state index contributed by atoms with van der Waals surface area (Å²) in [5, 5.41) is 0.982. The van der Waals surface area contributed by atoms with Crippen molar-refractivity contribution in [1.82, 2.24) is 4.31 Å². The number of sulfonamides is 1. The number of aryl methyl sites for hydroxylation is 3. The van der Waals surface area contributed by atoms with Gasteiger partial charge in [0.2, 0.25) is 10.0 Å². The third kappa shape index (κ3) is 3.96. The lowest BCUT2D eigenvalue weighted by atomic mass is 10.1. The number of hydrogen-bond acceptors (Lipinski definition) is 3. The zero-order valence-electron chi connectivity index (χ0n) is 15.3.